The van der Waals surface area contributed by atoms with E-state index in [9.17, 15) is 19.6 Å². The van der Waals surface area contributed by atoms with Crippen molar-refractivity contribution in [3.8, 4) is 0 Å². The minimum absolute atomic E-state index is 0.0945. The summed E-state index contributed by atoms with van der Waals surface area (Å²) in [7, 11) is 0. The van der Waals surface area contributed by atoms with Crippen LogP contribution in [0.3, 0.4) is 0 Å². The molecule has 1 aromatic carbocycles. The van der Waals surface area contributed by atoms with Gasteiger partial charge >= 0.3 is 5.00 Å². The summed E-state index contributed by atoms with van der Waals surface area (Å²) in [5, 5.41) is 25.8. The van der Waals surface area contributed by atoms with Crippen LogP contribution < -0.4 is 5.32 Å². The summed E-state index contributed by atoms with van der Waals surface area (Å²) in [6, 6.07) is 7.17. The third kappa shape index (κ3) is 4.07. The Morgan fingerprint density at radius 1 is 1.43 bits per heavy atom. The Bertz CT molecular complexity index is 625. The number of hydrogen-bond donors (Lipinski definition) is 2. The molecule has 0 aliphatic rings. The summed E-state index contributed by atoms with van der Waals surface area (Å²) in [6.07, 6.45) is 0. The van der Waals surface area contributed by atoms with Gasteiger partial charge in [-0.2, -0.15) is 0 Å². The van der Waals surface area contributed by atoms with Crippen LogP contribution >= 0.6 is 11.3 Å². The Morgan fingerprint density at radius 2 is 2.10 bits per heavy atom. The predicted molar refractivity (Wildman–Crippen MR) is 78.7 cm³/mol. The van der Waals surface area contributed by atoms with Crippen LogP contribution in [-0.2, 0) is 12.1 Å². The van der Waals surface area contributed by atoms with Gasteiger partial charge < -0.3 is 10.4 Å². The monoisotopic (exact) mass is 310 g/mol. The van der Waals surface area contributed by atoms with E-state index in [0.29, 0.717) is 12.1 Å². The van der Waals surface area contributed by atoms with Crippen LogP contribution in [0.1, 0.15) is 18.1 Å². The SMILES string of the molecule is CC(O)(CNCc1csc([N+](=O)[O-])c1)c1ccc(F)cc1. The van der Waals surface area contributed by atoms with E-state index in [1.807, 2.05) is 0 Å². The van der Waals surface area contributed by atoms with Crippen molar-refractivity contribution >= 4 is 16.3 Å². The topological polar surface area (TPSA) is 75.4 Å². The fourth-order valence-electron chi connectivity index (χ4n) is 1.91. The first-order valence-corrected chi connectivity index (χ1v) is 7.17. The van der Waals surface area contributed by atoms with Crippen LogP contribution in [0, 0.1) is 15.9 Å². The third-order valence-electron chi connectivity index (χ3n) is 3.08. The van der Waals surface area contributed by atoms with Gasteiger partial charge in [0.25, 0.3) is 0 Å². The Hall–Kier alpha value is -1.83. The van der Waals surface area contributed by atoms with Crippen molar-refractivity contribution in [2.75, 3.05) is 6.54 Å². The van der Waals surface area contributed by atoms with Crippen molar-refractivity contribution in [1.82, 2.24) is 5.32 Å². The Kier molecular flexibility index (Phi) is 4.66. The van der Waals surface area contributed by atoms with Gasteiger partial charge in [0.2, 0.25) is 0 Å². The van der Waals surface area contributed by atoms with Gasteiger partial charge in [-0.05, 0) is 30.2 Å². The van der Waals surface area contributed by atoms with Crippen LogP contribution in [0.25, 0.3) is 0 Å². The van der Waals surface area contributed by atoms with Gasteiger partial charge in [0.1, 0.15) is 5.82 Å². The molecular weight excluding hydrogens is 295 g/mol. The molecule has 0 saturated heterocycles. The Labute approximate surface area is 125 Å². The van der Waals surface area contributed by atoms with E-state index < -0.39 is 10.5 Å². The highest BCUT2D eigenvalue weighted by molar-refractivity contribution is 7.13. The first kappa shape index (κ1) is 15.6. The van der Waals surface area contributed by atoms with Crippen molar-refractivity contribution in [2.45, 2.75) is 19.1 Å². The lowest BCUT2D eigenvalue weighted by molar-refractivity contribution is -0.380. The van der Waals surface area contributed by atoms with Gasteiger partial charge in [0.05, 0.1) is 10.5 Å². The smallest absolute Gasteiger partial charge is 0.324 e. The van der Waals surface area contributed by atoms with Crippen LogP contribution in [0.4, 0.5) is 9.39 Å². The van der Waals surface area contributed by atoms with Gasteiger partial charge in [-0.3, -0.25) is 10.1 Å². The molecule has 1 atom stereocenters. The molecular formula is C14H15FN2O3S. The van der Waals surface area contributed by atoms with Gasteiger partial charge in [-0.1, -0.05) is 23.5 Å². The van der Waals surface area contributed by atoms with E-state index >= 15 is 0 Å². The molecule has 7 heteroatoms. The summed E-state index contributed by atoms with van der Waals surface area (Å²) < 4.78 is 12.9. The highest BCUT2D eigenvalue weighted by Crippen LogP contribution is 2.23. The molecule has 112 valence electrons. The average molecular weight is 310 g/mol. The average Bonchev–Trinajstić information content (AvgIpc) is 2.88. The van der Waals surface area contributed by atoms with Crippen LogP contribution in [0.5, 0.6) is 0 Å². The second-order valence-electron chi connectivity index (χ2n) is 4.93. The zero-order valence-electron chi connectivity index (χ0n) is 11.4. The quantitative estimate of drug-likeness (QED) is 0.635. The molecule has 2 aromatic rings. The van der Waals surface area contributed by atoms with Gasteiger partial charge in [-0.15, -0.1) is 0 Å². The van der Waals surface area contributed by atoms with Gasteiger partial charge in [0.15, 0.2) is 0 Å². The van der Waals surface area contributed by atoms with Crippen molar-refractivity contribution in [1.29, 1.82) is 0 Å². The molecule has 0 aliphatic carbocycles. The number of halogens is 1. The summed E-state index contributed by atoms with van der Waals surface area (Å²) in [5.41, 5.74) is 0.254. The molecule has 0 amide bonds. The van der Waals surface area contributed by atoms with Crippen molar-refractivity contribution in [3.63, 3.8) is 0 Å². The largest absolute Gasteiger partial charge is 0.384 e. The standard InChI is InChI=1S/C14H15FN2O3S/c1-14(18,11-2-4-12(15)5-3-11)9-16-7-10-6-13(17(19)20)21-8-10/h2-6,8,16,18H,7,9H2,1H3. The van der Waals surface area contributed by atoms with E-state index in [-0.39, 0.29) is 17.4 Å². The van der Waals surface area contributed by atoms with Crippen LogP contribution in [0.2, 0.25) is 0 Å². The molecule has 2 N–H and O–H groups in total. The number of rotatable bonds is 6. The Balaban J connectivity index is 1.92. The van der Waals surface area contributed by atoms with E-state index in [2.05, 4.69) is 5.32 Å². The molecule has 0 saturated carbocycles. The third-order valence-corrected chi connectivity index (χ3v) is 4.01. The number of hydrogen-bond acceptors (Lipinski definition) is 5. The molecule has 5 nitrogen and oxygen atoms in total. The lowest BCUT2D eigenvalue weighted by Crippen LogP contribution is -2.35. The molecule has 1 aromatic heterocycles. The molecule has 0 fully saturated rings. The number of nitrogens with one attached hydrogen (secondary N) is 1. The van der Waals surface area contributed by atoms with Gasteiger partial charge in [-0.25, -0.2) is 4.39 Å². The highest BCUT2D eigenvalue weighted by Gasteiger charge is 2.22. The predicted octanol–water partition coefficient (Wildman–Crippen LogP) is 2.79. The highest BCUT2D eigenvalue weighted by atomic mass is 32.1. The fourth-order valence-corrected chi connectivity index (χ4v) is 2.64. The number of aliphatic hydroxyl groups is 1. The molecule has 0 bridgehead atoms. The second-order valence-corrected chi connectivity index (χ2v) is 5.82. The maximum Gasteiger partial charge on any atom is 0.324 e. The zero-order chi connectivity index (χ0) is 15.5. The first-order valence-electron chi connectivity index (χ1n) is 6.29. The van der Waals surface area contributed by atoms with Crippen LogP contribution in [0.15, 0.2) is 35.7 Å². The zero-order valence-corrected chi connectivity index (χ0v) is 12.2. The molecule has 1 unspecified atom stereocenters. The van der Waals surface area contributed by atoms with Crippen molar-refractivity contribution < 1.29 is 14.4 Å². The summed E-state index contributed by atoms with van der Waals surface area (Å²) in [4.78, 5) is 10.2. The number of benzene rings is 1. The normalized spacial score (nSPS) is 13.9. The number of nitrogens with zero attached hydrogens (tertiary/aromatic N) is 1. The van der Waals surface area contributed by atoms with E-state index in [0.717, 1.165) is 16.9 Å². The lowest BCUT2D eigenvalue weighted by atomic mass is 9.96. The molecule has 21 heavy (non-hydrogen) atoms. The molecule has 2 rings (SSSR count). The van der Waals surface area contributed by atoms with E-state index in [1.54, 1.807) is 12.3 Å². The van der Waals surface area contributed by atoms with E-state index in [1.165, 1.54) is 30.3 Å². The van der Waals surface area contributed by atoms with Crippen molar-refractivity contribution in [2.24, 2.45) is 0 Å². The molecule has 1 heterocycles. The first-order chi connectivity index (χ1) is 9.88. The minimum atomic E-state index is -1.14. The number of nitro groups is 1. The molecule has 0 radical (unpaired) electrons. The summed E-state index contributed by atoms with van der Waals surface area (Å²) >= 11 is 1.07. The van der Waals surface area contributed by atoms with E-state index in [4.69, 9.17) is 0 Å². The summed E-state index contributed by atoms with van der Waals surface area (Å²) in [6.45, 7) is 2.30. The van der Waals surface area contributed by atoms with Crippen molar-refractivity contribution in [3.05, 3.63) is 62.8 Å². The lowest BCUT2D eigenvalue weighted by Gasteiger charge is -2.24. The number of thiophene rings is 1. The summed E-state index contributed by atoms with van der Waals surface area (Å²) in [5.74, 6) is -0.354. The molecule has 0 aliphatic heterocycles. The molecule has 0 spiro atoms. The maximum atomic E-state index is 12.9. The fraction of sp³-hybridized carbons (Fsp3) is 0.286. The Morgan fingerprint density at radius 3 is 2.67 bits per heavy atom. The van der Waals surface area contributed by atoms with Gasteiger partial charge in [0, 0.05) is 24.5 Å². The maximum absolute atomic E-state index is 12.9. The minimum Gasteiger partial charge on any atom is -0.384 e. The second kappa shape index (κ2) is 6.30. The van der Waals surface area contributed by atoms with Crippen LogP contribution in [-0.4, -0.2) is 16.6 Å².